The Bertz CT molecular complexity index is 621. The normalized spacial score (nSPS) is 11.4. The predicted octanol–water partition coefficient (Wildman–Crippen LogP) is 2.75. The average molecular weight is 274 g/mol. The zero-order chi connectivity index (χ0) is 13.1. The highest BCUT2D eigenvalue weighted by Gasteiger charge is 2.05. The van der Waals surface area contributed by atoms with Gasteiger partial charge in [0.15, 0.2) is 4.96 Å². The quantitative estimate of drug-likeness (QED) is 0.701. The molecule has 0 aromatic carbocycles. The standard InChI is InChI=1S/C14H18N4S/c1-2-5-15-9-13-4-3-6-17(13)10-12-11-18-7-8-19-14(18)16-12/h3-4,6-8,11,15H,2,5,9-10H2,1H3. The fourth-order valence-electron chi connectivity index (χ4n) is 2.18. The predicted molar refractivity (Wildman–Crippen MR) is 78.6 cm³/mol. The first-order valence-corrected chi connectivity index (χ1v) is 7.50. The van der Waals surface area contributed by atoms with Gasteiger partial charge < -0.3 is 9.88 Å². The Labute approximate surface area is 116 Å². The van der Waals surface area contributed by atoms with E-state index in [1.807, 2.05) is 0 Å². The molecule has 0 saturated carbocycles. The number of thiazole rings is 1. The maximum absolute atomic E-state index is 4.63. The lowest BCUT2D eigenvalue weighted by molar-refractivity contribution is 0.627. The Kier molecular flexibility index (Phi) is 3.66. The van der Waals surface area contributed by atoms with Gasteiger partial charge in [0.2, 0.25) is 0 Å². The minimum absolute atomic E-state index is 0.838. The average Bonchev–Trinajstić information content (AvgIpc) is 3.06. The number of nitrogens with zero attached hydrogens (tertiary/aromatic N) is 3. The second-order valence-corrected chi connectivity index (χ2v) is 5.50. The molecule has 4 nitrogen and oxygen atoms in total. The van der Waals surface area contributed by atoms with Crippen LogP contribution in [0.25, 0.3) is 4.96 Å². The van der Waals surface area contributed by atoms with Crippen LogP contribution in [-0.4, -0.2) is 20.5 Å². The molecule has 0 spiro atoms. The number of rotatable bonds is 6. The molecule has 3 rings (SSSR count). The van der Waals surface area contributed by atoms with Gasteiger partial charge in [-0.2, -0.15) is 0 Å². The second kappa shape index (κ2) is 5.59. The molecule has 1 N–H and O–H groups in total. The summed E-state index contributed by atoms with van der Waals surface area (Å²) in [7, 11) is 0. The zero-order valence-electron chi connectivity index (χ0n) is 11.0. The molecule has 0 bridgehead atoms. The maximum Gasteiger partial charge on any atom is 0.193 e. The highest BCUT2D eigenvalue weighted by molar-refractivity contribution is 7.15. The fourth-order valence-corrected chi connectivity index (χ4v) is 2.90. The van der Waals surface area contributed by atoms with Crippen LogP contribution in [0, 0.1) is 0 Å². The van der Waals surface area contributed by atoms with Crippen molar-refractivity contribution >= 4 is 16.3 Å². The van der Waals surface area contributed by atoms with Crippen molar-refractivity contribution in [1.29, 1.82) is 0 Å². The molecule has 0 unspecified atom stereocenters. The Balaban J connectivity index is 1.72. The van der Waals surface area contributed by atoms with Crippen molar-refractivity contribution in [3.8, 4) is 0 Å². The van der Waals surface area contributed by atoms with E-state index in [1.165, 1.54) is 5.69 Å². The number of hydrogen-bond donors (Lipinski definition) is 1. The summed E-state index contributed by atoms with van der Waals surface area (Å²) in [6, 6.07) is 4.27. The minimum Gasteiger partial charge on any atom is -0.344 e. The van der Waals surface area contributed by atoms with Crippen LogP contribution in [0.3, 0.4) is 0 Å². The molecule has 5 heteroatoms. The molecule has 0 amide bonds. The van der Waals surface area contributed by atoms with Crippen LogP contribution >= 0.6 is 11.3 Å². The van der Waals surface area contributed by atoms with Crippen molar-refractivity contribution in [3.63, 3.8) is 0 Å². The third-order valence-corrected chi connectivity index (χ3v) is 3.90. The molecule has 0 aliphatic rings. The second-order valence-electron chi connectivity index (χ2n) is 4.63. The van der Waals surface area contributed by atoms with Crippen LogP contribution in [-0.2, 0) is 13.1 Å². The van der Waals surface area contributed by atoms with Gasteiger partial charge in [0.25, 0.3) is 0 Å². The summed E-state index contributed by atoms with van der Waals surface area (Å²) < 4.78 is 4.34. The molecular formula is C14H18N4S. The highest BCUT2D eigenvalue weighted by atomic mass is 32.1. The van der Waals surface area contributed by atoms with Gasteiger partial charge in [-0.05, 0) is 25.1 Å². The SMILES string of the molecule is CCCNCc1cccn1Cc1cn2ccsc2n1. The van der Waals surface area contributed by atoms with E-state index in [0.29, 0.717) is 0 Å². The summed E-state index contributed by atoms with van der Waals surface area (Å²) in [6.07, 6.45) is 7.44. The minimum atomic E-state index is 0.838. The molecule has 0 atom stereocenters. The summed E-state index contributed by atoms with van der Waals surface area (Å²) in [5.41, 5.74) is 2.42. The number of hydrogen-bond acceptors (Lipinski definition) is 3. The Morgan fingerprint density at radius 3 is 3.16 bits per heavy atom. The van der Waals surface area contributed by atoms with E-state index < -0.39 is 0 Å². The molecule has 0 fully saturated rings. The van der Waals surface area contributed by atoms with Gasteiger partial charge in [-0.15, -0.1) is 11.3 Å². The molecule has 100 valence electrons. The summed E-state index contributed by atoms with van der Waals surface area (Å²) in [5, 5.41) is 5.50. The van der Waals surface area contributed by atoms with E-state index >= 15 is 0 Å². The smallest absolute Gasteiger partial charge is 0.193 e. The van der Waals surface area contributed by atoms with E-state index in [-0.39, 0.29) is 0 Å². The van der Waals surface area contributed by atoms with Gasteiger partial charge in [-0.3, -0.25) is 4.40 Å². The lowest BCUT2D eigenvalue weighted by atomic mass is 10.4. The van der Waals surface area contributed by atoms with E-state index in [4.69, 9.17) is 0 Å². The fraction of sp³-hybridized carbons (Fsp3) is 0.357. The summed E-state index contributed by atoms with van der Waals surface area (Å²) in [4.78, 5) is 5.69. The highest BCUT2D eigenvalue weighted by Crippen LogP contribution is 2.13. The van der Waals surface area contributed by atoms with Crippen molar-refractivity contribution in [2.24, 2.45) is 0 Å². The summed E-state index contributed by atoms with van der Waals surface area (Å²) in [6.45, 7) is 5.00. The Hall–Kier alpha value is -1.59. The van der Waals surface area contributed by atoms with Gasteiger partial charge >= 0.3 is 0 Å². The van der Waals surface area contributed by atoms with E-state index in [2.05, 4.69) is 62.3 Å². The topological polar surface area (TPSA) is 34.3 Å². The van der Waals surface area contributed by atoms with Gasteiger partial charge in [-0.1, -0.05) is 6.92 Å². The van der Waals surface area contributed by atoms with Crippen LogP contribution in [0.2, 0.25) is 0 Å². The van der Waals surface area contributed by atoms with Crippen LogP contribution < -0.4 is 5.32 Å². The van der Waals surface area contributed by atoms with Gasteiger partial charge in [0.05, 0.1) is 12.2 Å². The lowest BCUT2D eigenvalue weighted by Crippen LogP contribution is -2.17. The van der Waals surface area contributed by atoms with Crippen molar-refractivity contribution in [2.45, 2.75) is 26.4 Å². The van der Waals surface area contributed by atoms with E-state index in [0.717, 1.165) is 36.7 Å². The molecule has 3 heterocycles. The first-order chi connectivity index (χ1) is 9.36. The molecule has 0 aliphatic heterocycles. The zero-order valence-corrected chi connectivity index (χ0v) is 11.9. The van der Waals surface area contributed by atoms with Crippen molar-refractivity contribution in [3.05, 3.63) is 47.5 Å². The lowest BCUT2D eigenvalue weighted by Gasteiger charge is -2.08. The number of fused-ring (bicyclic) bond motifs is 1. The monoisotopic (exact) mass is 274 g/mol. The molecular weight excluding hydrogens is 256 g/mol. The molecule has 0 radical (unpaired) electrons. The third kappa shape index (κ3) is 2.72. The molecule has 19 heavy (non-hydrogen) atoms. The van der Waals surface area contributed by atoms with E-state index in [9.17, 15) is 0 Å². The first kappa shape index (κ1) is 12.4. The largest absolute Gasteiger partial charge is 0.344 e. The van der Waals surface area contributed by atoms with Gasteiger partial charge in [-0.25, -0.2) is 4.98 Å². The summed E-state index contributed by atoms with van der Waals surface area (Å²) >= 11 is 1.67. The van der Waals surface area contributed by atoms with Gasteiger partial charge in [0.1, 0.15) is 0 Å². The number of imidazole rings is 1. The number of aromatic nitrogens is 3. The van der Waals surface area contributed by atoms with Crippen LogP contribution in [0.15, 0.2) is 36.1 Å². The molecule has 3 aromatic heterocycles. The van der Waals surface area contributed by atoms with Crippen molar-refractivity contribution in [2.75, 3.05) is 6.54 Å². The molecule has 0 saturated heterocycles. The first-order valence-electron chi connectivity index (χ1n) is 6.62. The maximum atomic E-state index is 4.63. The molecule has 0 aliphatic carbocycles. The van der Waals surface area contributed by atoms with Crippen molar-refractivity contribution in [1.82, 2.24) is 19.3 Å². The Morgan fingerprint density at radius 2 is 2.32 bits per heavy atom. The van der Waals surface area contributed by atoms with Crippen LogP contribution in [0.5, 0.6) is 0 Å². The third-order valence-electron chi connectivity index (χ3n) is 3.13. The summed E-state index contributed by atoms with van der Waals surface area (Å²) in [5.74, 6) is 0. The molecule has 3 aromatic rings. The van der Waals surface area contributed by atoms with Crippen LogP contribution in [0.1, 0.15) is 24.7 Å². The van der Waals surface area contributed by atoms with E-state index in [1.54, 1.807) is 11.3 Å². The number of nitrogens with one attached hydrogen (secondary N) is 1. The van der Waals surface area contributed by atoms with Crippen molar-refractivity contribution < 1.29 is 0 Å². The van der Waals surface area contributed by atoms with Gasteiger partial charge in [0, 0.05) is 36.2 Å². The van der Waals surface area contributed by atoms with Crippen LogP contribution in [0.4, 0.5) is 0 Å². The Morgan fingerprint density at radius 1 is 1.37 bits per heavy atom.